The van der Waals surface area contributed by atoms with Gasteiger partial charge < -0.3 is 20.0 Å². The van der Waals surface area contributed by atoms with Crippen LogP contribution in [-0.4, -0.2) is 66.1 Å². The maximum Gasteiger partial charge on any atom is 0.266 e. The molecule has 0 aliphatic carbocycles. The SMILES string of the molecule is CC(=O)N1CC(c2nnc(-c3cc4c(cc3F)S(=O)(=O)C[C@H](N)C(=O)N4Cc3ccc(Cl)cc3)o2)CC(F)(F)C1. The molecule has 0 spiro atoms. The Morgan fingerprint density at radius 2 is 1.93 bits per heavy atom. The Balaban J connectivity index is 1.57. The first-order valence-electron chi connectivity index (χ1n) is 12.1. The molecule has 2 aliphatic rings. The number of sulfone groups is 1. The molecule has 2 atom stereocenters. The van der Waals surface area contributed by atoms with Crippen molar-refractivity contribution in [2.45, 2.75) is 42.7 Å². The van der Waals surface area contributed by atoms with Crippen LogP contribution in [0.25, 0.3) is 11.5 Å². The lowest BCUT2D eigenvalue weighted by Crippen LogP contribution is -2.48. The van der Waals surface area contributed by atoms with Gasteiger partial charge in [0.05, 0.1) is 46.9 Å². The zero-order valence-corrected chi connectivity index (χ0v) is 22.6. The van der Waals surface area contributed by atoms with E-state index in [4.69, 9.17) is 21.8 Å². The first kappa shape index (κ1) is 28.1. The van der Waals surface area contributed by atoms with Crippen molar-refractivity contribution in [2.24, 2.45) is 5.73 Å². The predicted octanol–water partition coefficient (Wildman–Crippen LogP) is 3.15. The van der Waals surface area contributed by atoms with Crippen LogP contribution in [0.4, 0.5) is 18.9 Å². The molecular weight excluding hydrogens is 575 g/mol. The second-order valence-electron chi connectivity index (χ2n) is 9.84. The largest absolute Gasteiger partial charge is 0.420 e. The molecule has 212 valence electrons. The van der Waals surface area contributed by atoms with E-state index in [1.165, 1.54) is 6.92 Å². The Bertz CT molecular complexity index is 1600. The van der Waals surface area contributed by atoms with E-state index in [0.29, 0.717) is 10.6 Å². The third-order valence-corrected chi connectivity index (χ3v) is 8.83. The second kappa shape index (κ2) is 10.2. The molecule has 0 bridgehead atoms. The fraction of sp³-hybridized carbons (Fsp3) is 0.360. The van der Waals surface area contributed by atoms with Crippen LogP contribution in [0.5, 0.6) is 0 Å². The van der Waals surface area contributed by atoms with Crippen molar-refractivity contribution in [2.75, 3.05) is 23.7 Å². The van der Waals surface area contributed by atoms with Gasteiger partial charge >= 0.3 is 0 Å². The summed E-state index contributed by atoms with van der Waals surface area (Å²) in [4.78, 5) is 26.6. The van der Waals surface area contributed by atoms with Gasteiger partial charge in [0, 0.05) is 24.9 Å². The predicted molar refractivity (Wildman–Crippen MR) is 137 cm³/mol. The highest BCUT2D eigenvalue weighted by Gasteiger charge is 2.44. The Labute approximate surface area is 231 Å². The summed E-state index contributed by atoms with van der Waals surface area (Å²) in [6.45, 7) is 0.219. The minimum atomic E-state index is -4.19. The maximum absolute atomic E-state index is 15.4. The zero-order chi connectivity index (χ0) is 29.0. The number of benzene rings is 2. The summed E-state index contributed by atoms with van der Waals surface area (Å²) in [7, 11) is -4.19. The number of aromatic nitrogens is 2. The molecule has 1 aromatic heterocycles. The molecule has 40 heavy (non-hydrogen) atoms. The monoisotopic (exact) mass is 597 g/mol. The first-order chi connectivity index (χ1) is 18.7. The molecule has 15 heteroatoms. The van der Waals surface area contributed by atoms with E-state index >= 15 is 4.39 Å². The number of likely N-dealkylation sites (tertiary alicyclic amines) is 1. The molecule has 0 radical (unpaired) electrons. The number of halogens is 4. The van der Waals surface area contributed by atoms with E-state index in [2.05, 4.69) is 10.2 Å². The van der Waals surface area contributed by atoms with E-state index in [9.17, 15) is 26.8 Å². The van der Waals surface area contributed by atoms with Crippen LogP contribution in [0.3, 0.4) is 0 Å². The quantitative estimate of drug-likeness (QED) is 0.484. The third-order valence-electron chi connectivity index (χ3n) is 6.78. The lowest BCUT2D eigenvalue weighted by Gasteiger charge is -2.35. The number of alkyl halides is 2. The summed E-state index contributed by atoms with van der Waals surface area (Å²) >= 11 is 5.95. The summed E-state index contributed by atoms with van der Waals surface area (Å²) in [6, 6.07) is 6.88. The van der Waals surface area contributed by atoms with Gasteiger partial charge in [-0.05, 0) is 29.8 Å². The van der Waals surface area contributed by atoms with Gasteiger partial charge in [-0.2, -0.15) is 0 Å². The topological polar surface area (TPSA) is 140 Å². The number of carbonyl (C=O) groups excluding carboxylic acids is 2. The zero-order valence-electron chi connectivity index (χ0n) is 21.0. The Hall–Kier alpha value is -3.49. The molecule has 1 fully saturated rings. The second-order valence-corrected chi connectivity index (χ2v) is 12.3. The minimum absolute atomic E-state index is 0.0985. The van der Waals surface area contributed by atoms with Crippen molar-refractivity contribution in [1.82, 2.24) is 15.1 Å². The molecule has 5 rings (SSSR count). The highest BCUT2D eigenvalue weighted by molar-refractivity contribution is 7.91. The summed E-state index contributed by atoms with van der Waals surface area (Å²) in [5, 5.41) is 8.06. The van der Waals surface area contributed by atoms with Gasteiger partial charge in [0.1, 0.15) is 5.82 Å². The molecule has 2 aliphatic heterocycles. The lowest BCUT2D eigenvalue weighted by atomic mass is 9.95. The van der Waals surface area contributed by atoms with E-state index in [-0.39, 0.29) is 30.2 Å². The van der Waals surface area contributed by atoms with E-state index in [0.717, 1.165) is 21.9 Å². The van der Waals surface area contributed by atoms with Crippen LogP contribution in [0.2, 0.25) is 5.02 Å². The number of hydrogen-bond donors (Lipinski definition) is 1. The van der Waals surface area contributed by atoms with Gasteiger partial charge in [-0.3, -0.25) is 9.59 Å². The van der Waals surface area contributed by atoms with Crippen LogP contribution < -0.4 is 10.6 Å². The van der Waals surface area contributed by atoms with Gasteiger partial charge in [0.15, 0.2) is 9.84 Å². The highest BCUT2D eigenvalue weighted by atomic mass is 35.5. The Morgan fingerprint density at radius 1 is 1.23 bits per heavy atom. The molecular formula is C25H23ClF3N5O5S. The molecule has 2 N–H and O–H groups in total. The molecule has 1 saturated heterocycles. The first-order valence-corrected chi connectivity index (χ1v) is 14.1. The van der Waals surface area contributed by atoms with Crippen LogP contribution in [-0.2, 0) is 26.0 Å². The van der Waals surface area contributed by atoms with Crippen molar-refractivity contribution in [3.63, 3.8) is 0 Å². The van der Waals surface area contributed by atoms with Crippen molar-refractivity contribution in [1.29, 1.82) is 0 Å². The number of amides is 2. The van der Waals surface area contributed by atoms with Gasteiger partial charge in [-0.1, -0.05) is 23.7 Å². The van der Waals surface area contributed by atoms with Crippen LogP contribution in [0.1, 0.15) is 30.7 Å². The van der Waals surface area contributed by atoms with E-state index in [1.54, 1.807) is 24.3 Å². The molecule has 2 aromatic carbocycles. The lowest BCUT2D eigenvalue weighted by molar-refractivity contribution is -0.141. The van der Waals surface area contributed by atoms with Gasteiger partial charge in [0.25, 0.3) is 11.8 Å². The summed E-state index contributed by atoms with van der Waals surface area (Å²) in [5.41, 5.74) is 6.00. The summed E-state index contributed by atoms with van der Waals surface area (Å²) in [5.74, 6) is -7.91. The Kier molecular flexibility index (Phi) is 7.13. The normalized spacial score (nSPS) is 22.1. The maximum atomic E-state index is 15.4. The van der Waals surface area contributed by atoms with Gasteiger partial charge in [-0.15, -0.1) is 10.2 Å². The van der Waals surface area contributed by atoms with E-state index in [1.807, 2.05) is 0 Å². The molecule has 3 aromatic rings. The smallest absolute Gasteiger partial charge is 0.266 e. The fourth-order valence-electron chi connectivity index (χ4n) is 4.83. The van der Waals surface area contributed by atoms with Crippen molar-refractivity contribution < 1.29 is 35.6 Å². The van der Waals surface area contributed by atoms with Crippen LogP contribution >= 0.6 is 11.6 Å². The number of rotatable bonds is 4. The molecule has 10 nitrogen and oxygen atoms in total. The fourth-order valence-corrected chi connectivity index (χ4v) is 6.52. The average molecular weight is 598 g/mol. The summed E-state index contributed by atoms with van der Waals surface area (Å²) in [6.07, 6.45) is -0.662. The molecule has 2 amide bonds. The average Bonchev–Trinajstić information content (AvgIpc) is 3.35. The standard InChI is InChI=1S/C25H23ClF3N5O5S/c1-13(35)33-10-15(8-25(28,29)12-33)22-31-32-23(39-22)17-6-20-21(7-18(17)27)40(37,38)11-19(30)24(36)34(20)9-14-2-4-16(26)5-3-14/h2-7,15,19H,8-12,30H2,1H3/t15?,19-/m0/s1. The number of anilines is 1. The number of nitrogens with zero attached hydrogens (tertiary/aromatic N) is 4. The van der Waals surface area contributed by atoms with Crippen molar-refractivity contribution >= 4 is 38.9 Å². The van der Waals surface area contributed by atoms with Crippen LogP contribution in [0, 0.1) is 5.82 Å². The van der Waals surface area contributed by atoms with Crippen molar-refractivity contribution in [3.05, 3.63) is 58.7 Å². The third kappa shape index (κ3) is 5.43. The van der Waals surface area contributed by atoms with Gasteiger partial charge in [-0.25, -0.2) is 21.6 Å². The molecule has 0 saturated carbocycles. The molecule has 1 unspecified atom stereocenters. The number of fused-ring (bicyclic) bond motifs is 1. The number of hydrogen-bond acceptors (Lipinski definition) is 8. The van der Waals surface area contributed by atoms with Gasteiger partial charge in [0.2, 0.25) is 17.7 Å². The van der Waals surface area contributed by atoms with Crippen molar-refractivity contribution in [3.8, 4) is 11.5 Å². The number of piperidine rings is 1. The molecule has 3 heterocycles. The minimum Gasteiger partial charge on any atom is -0.420 e. The van der Waals surface area contributed by atoms with E-state index < -0.39 is 74.9 Å². The summed E-state index contributed by atoms with van der Waals surface area (Å²) < 4.78 is 75.6. The van der Waals surface area contributed by atoms with Crippen LogP contribution in [0.15, 0.2) is 45.7 Å². The number of nitrogens with two attached hydrogens (primary N) is 1. The Morgan fingerprint density at radius 3 is 2.60 bits per heavy atom. The number of carbonyl (C=O) groups is 2. The highest BCUT2D eigenvalue weighted by Crippen LogP contribution is 2.39.